The number of halogens is 2. The van der Waals surface area contributed by atoms with Gasteiger partial charge in [-0.2, -0.15) is 0 Å². The number of carbonyl (C=O) groups excluding carboxylic acids is 1. The number of nitrogens with one attached hydrogen (secondary N) is 1. The van der Waals surface area contributed by atoms with Gasteiger partial charge < -0.3 is 11.1 Å². The Labute approximate surface area is 135 Å². The van der Waals surface area contributed by atoms with Crippen LogP contribution in [0.3, 0.4) is 0 Å². The third-order valence-electron chi connectivity index (χ3n) is 2.61. The van der Waals surface area contributed by atoms with Gasteiger partial charge in [-0.1, -0.05) is 45.8 Å². The number of hydrogen-bond acceptors (Lipinski definition) is 2. The molecule has 3 N–H and O–H groups in total. The normalized spacial score (nSPS) is 10.1. The average Bonchev–Trinajstić information content (AvgIpc) is 2.41. The number of hydrogen-bond donors (Lipinski definition) is 2. The predicted octanol–water partition coefficient (Wildman–Crippen LogP) is 3.99. The summed E-state index contributed by atoms with van der Waals surface area (Å²) in [7, 11) is 0. The minimum atomic E-state index is -0.250. The van der Waals surface area contributed by atoms with Gasteiger partial charge in [0, 0.05) is 15.6 Å². The maximum Gasteiger partial charge on any atom is 0.255 e. The zero-order valence-electron chi connectivity index (χ0n) is 10.2. The van der Waals surface area contributed by atoms with Gasteiger partial charge in [0.05, 0.1) is 10.7 Å². The van der Waals surface area contributed by atoms with Crippen LogP contribution in [0, 0.1) is 0 Å². The standard InChI is InChI=1S/C14H10BrClN2OS/c15-10-4-1-8(2-5-10)14(19)18-12-7-9(13(17)20)3-6-11(12)16/h1-7H,(H2,17,20)(H,18,19). The van der Waals surface area contributed by atoms with Gasteiger partial charge in [0.1, 0.15) is 4.99 Å². The lowest BCUT2D eigenvalue weighted by Gasteiger charge is -2.09. The van der Waals surface area contributed by atoms with E-state index in [0.29, 0.717) is 21.8 Å². The quantitative estimate of drug-likeness (QED) is 0.804. The van der Waals surface area contributed by atoms with Crippen molar-refractivity contribution in [2.75, 3.05) is 5.32 Å². The van der Waals surface area contributed by atoms with Gasteiger partial charge in [0.2, 0.25) is 0 Å². The lowest BCUT2D eigenvalue weighted by atomic mass is 10.1. The molecule has 0 aliphatic rings. The number of thiocarbonyl (C=S) groups is 1. The van der Waals surface area contributed by atoms with Crippen LogP contribution in [-0.4, -0.2) is 10.9 Å². The van der Waals surface area contributed by atoms with Crippen molar-refractivity contribution < 1.29 is 4.79 Å². The van der Waals surface area contributed by atoms with Crippen molar-refractivity contribution in [2.45, 2.75) is 0 Å². The summed E-state index contributed by atoms with van der Waals surface area (Å²) < 4.78 is 0.905. The minimum Gasteiger partial charge on any atom is -0.389 e. The molecule has 2 aromatic rings. The smallest absolute Gasteiger partial charge is 0.255 e. The van der Waals surface area contributed by atoms with E-state index < -0.39 is 0 Å². The lowest BCUT2D eigenvalue weighted by molar-refractivity contribution is 0.102. The third kappa shape index (κ3) is 3.56. The van der Waals surface area contributed by atoms with Crippen molar-refractivity contribution in [3.8, 4) is 0 Å². The van der Waals surface area contributed by atoms with Gasteiger partial charge in [-0.15, -0.1) is 0 Å². The predicted molar refractivity (Wildman–Crippen MR) is 89.4 cm³/mol. The summed E-state index contributed by atoms with van der Waals surface area (Å²) in [6, 6.07) is 12.0. The monoisotopic (exact) mass is 368 g/mol. The summed E-state index contributed by atoms with van der Waals surface area (Å²) in [6.07, 6.45) is 0. The van der Waals surface area contributed by atoms with Crippen molar-refractivity contribution in [2.24, 2.45) is 5.73 Å². The minimum absolute atomic E-state index is 0.250. The van der Waals surface area contributed by atoms with Gasteiger partial charge in [-0.25, -0.2) is 0 Å². The molecule has 0 radical (unpaired) electrons. The van der Waals surface area contributed by atoms with Gasteiger partial charge >= 0.3 is 0 Å². The molecule has 0 fully saturated rings. The summed E-state index contributed by atoms with van der Waals surface area (Å²) >= 11 is 14.3. The Kier molecular flexibility index (Phi) is 4.75. The van der Waals surface area contributed by atoms with Crippen LogP contribution in [0.1, 0.15) is 15.9 Å². The fraction of sp³-hybridized carbons (Fsp3) is 0. The van der Waals surface area contributed by atoms with Gasteiger partial charge in [-0.05, 0) is 36.4 Å². The fourth-order valence-electron chi connectivity index (χ4n) is 1.57. The molecule has 0 aromatic heterocycles. The van der Waals surface area contributed by atoms with Crippen LogP contribution >= 0.6 is 39.7 Å². The molecule has 0 atom stereocenters. The number of anilines is 1. The van der Waals surface area contributed by atoms with Crippen LogP contribution in [0.15, 0.2) is 46.9 Å². The van der Waals surface area contributed by atoms with E-state index in [9.17, 15) is 4.79 Å². The summed E-state index contributed by atoms with van der Waals surface area (Å²) in [4.78, 5) is 12.4. The van der Waals surface area contributed by atoms with E-state index in [-0.39, 0.29) is 10.9 Å². The molecule has 3 nitrogen and oxygen atoms in total. The molecule has 0 bridgehead atoms. The number of amides is 1. The number of rotatable bonds is 3. The first-order chi connectivity index (χ1) is 9.47. The molecule has 6 heteroatoms. The van der Waals surface area contributed by atoms with Gasteiger partial charge in [0.25, 0.3) is 5.91 Å². The molecule has 1 amide bonds. The van der Waals surface area contributed by atoms with E-state index in [0.717, 1.165) is 4.47 Å². The van der Waals surface area contributed by atoms with Crippen molar-refractivity contribution in [1.82, 2.24) is 0 Å². The second kappa shape index (κ2) is 6.35. The van der Waals surface area contributed by atoms with Crippen molar-refractivity contribution >= 4 is 56.3 Å². The molecule has 0 unspecified atom stereocenters. The number of nitrogens with two attached hydrogens (primary N) is 1. The van der Waals surface area contributed by atoms with Crippen LogP contribution in [0.5, 0.6) is 0 Å². The highest BCUT2D eigenvalue weighted by Gasteiger charge is 2.10. The summed E-state index contributed by atoms with van der Waals surface area (Å²) in [5.41, 5.74) is 7.22. The second-order valence-corrected chi connectivity index (χ2v) is 5.78. The molecule has 0 heterocycles. The highest BCUT2D eigenvalue weighted by molar-refractivity contribution is 9.10. The molecule has 0 spiro atoms. The van der Waals surface area contributed by atoms with Crippen LogP contribution in [-0.2, 0) is 0 Å². The first kappa shape index (κ1) is 15.0. The van der Waals surface area contributed by atoms with E-state index in [4.69, 9.17) is 29.6 Å². The number of carbonyl (C=O) groups is 1. The van der Waals surface area contributed by atoms with Gasteiger partial charge in [0.15, 0.2) is 0 Å². The molecular weight excluding hydrogens is 360 g/mol. The Balaban J connectivity index is 2.25. The molecule has 20 heavy (non-hydrogen) atoms. The zero-order valence-corrected chi connectivity index (χ0v) is 13.3. The fourth-order valence-corrected chi connectivity index (χ4v) is 2.13. The Morgan fingerprint density at radius 1 is 1.15 bits per heavy atom. The summed E-state index contributed by atoms with van der Waals surface area (Å²) in [5, 5.41) is 3.17. The van der Waals surface area contributed by atoms with E-state index in [2.05, 4.69) is 21.2 Å². The molecule has 0 aliphatic carbocycles. The maximum absolute atomic E-state index is 12.1. The molecule has 2 rings (SSSR count). The van der Waals surface area contributed by atoms with E-state index in [1.54, 1.807) is 42.5 Å². The second-order valence-electron chi connectivity index (χ2n) is 4.02. The van der Waals surface area contributed by atoms with E-state index in [1.165, 1.54) is 0 Å². The van der Waals surface area contributed by atoms with E-state index in [1.807, 2.05) is 0 Å². The Bertz CT molecular complexity index is 673. The van der Waals surface area contributed by atoms with Crippen molar-refractivity contribution in [3.05, 3.63) is 63.1 Å². The number of benzene rings is 2. The molecular formula is C14H10BrClN2OS. The van der Waals surface area contributed by atoms with Crippen LogP contribution in [0.25, 0.3) is 0 Å². The third-order valence-corrected chi connectivity index (χ3v) is 3.70. The van der Waals surface area contributed by atoms with Gasteiger partial charge in [-0.3, -0.25) is 4.79 Å². The zero-order chi connectivity index (χ0) is 14.7. The average molecular weight is 370 g/mol. The molecule has 0 saturated carbocycles. The Morgan fingerprint density at radius 2 is 1.75 bits per heavy atom. The van der Waals surface area contributed by atoms with Crippen LogP contribution < -0.4 is 11.1 Å². The van der Waals surface area contributed by atoms with Crippen LogP contribution in [0.2, 0.25) is 5.02 Å². The highest BCUT2D eigenvalue weighted by atomic mass is 79.9. The SMILES string of the molecule is NC(=S)c1ccc(Cl)c(NC(=O)c2ccc(Br)cc2)c1. The molecule has 2 aromatic carbocycles. The Hall–Kier alpha value is -1.43. The van der Waals surface area contributed by atoms with Crippen LogP contribution in [0.4, 0.5) is 5.69 Å². The molecule has 0 aliphatic heterocycles. The molecule has 0 saturated heterocycles. The first-order valence-corrected chi connectivity index (χ1v) is 7.21. The lowest BCUT2D eigenvalue weighted by Crippen LogP contribution is -2.14. The topological polar surface area (TPSA) is 55.1 Å². The maximum atomic E-state index is 12.1. The van der Waals surface area contributed by atoms with Crippen molar-refractivity contribution in [3.63, 3.8) is 0 Å². The largest absolute Gasteiger partial charge is 0.389 e. The van der Waals surface area contributed by atoms with E-state index >= 15 is 0 Å². The molecule has 102 valence electrons. The Morgan fingerprint density at radius 3 is 2.35 bits per heavy atom. The first-order valence-electron chi connectivity index (χ1n) is 5.63. The highest BCUT2D eigenvalue weighted by Crippen LogP contribution is 2.24. The summed E-state index contributed by atoms with van der Waals surface area (Å²) in [6.45, 7) is 0. The summed E-state index contributed by atoms with van der Waals surface area (Å²) in [5.74, 6) is -0.250. The van der Waals surface area contributed by atoms with Crippen molar-refractivity contribution in [1.29, 1.82) is 0 Å².